The Balaban J connectivity index is 1.90. The van der Waals surface area contributed by atoms with Crippen molar-refractivity contribution in [2.75, 3.05) is 11.5 Å². The Bertz CT molecular complexity index is 779. The van der Waals surface area contributed by atoms with Crippen molar-refractivity contribution in [3.8, 4) is 0 Å². The molecule has 0 aromatic heterocycles. The summed E-state index contributed by atoms with van der Waals surface area (Å²) in [7, 11) is -3.04. The Morgan fingerprint density at radius 3 is 2.83 bits per heavy atom. The third kappa shape index (κ3) is 3.78. The maximum atomic E-state index is 12.0. The monoisotopic (exact) mass is 386 g/mol. The predicted molar refractivity (Wildman–Crippen MR) is 98.2 cm³/mol. The number of thioether (sulfide) groups is 1. The van der Waals surface area contributed by atoms with E-state index in [2.05, 4.69) is 4.99 Å². The van der Waals surface area contributed by atoms with Gasteiger partial charge in [-0.2, -0.15) is 4.99 Å². The molecule has 0 aliphatic carbocycles. The van der Waals surface area contributed by atoms with Crippen LogP contribution in [0.15, 0.2) is 29.3 Å². The van der Waals surface area contributed by atoms with Gasteiger partial charge >= 0.3 is 0 Å². The third-order valence-electron chi connectivity index (χ3n) is 4.16. The highest BCUT2D eigenvalue weighted by atomic mass is 35.5. The summed E-state index contributed by atoms with van der Waals surface area (Å²) < 4.78 is 23.9. The highest BCUT2D eigenvalue weighted by Crippen LogP contribution is 2.39. The lowest BCUT2D eigenvalue weighted by Crippen LogP contribution is -2.37. The normalized spacial score (nSPS) is 26.8. The first-order valence-corrected chi connectivity index (χ1v) is 11.0. The van der Waals surface area contributed by atoms with Gasteiger partial charge in [0, 0.05) is 23.2 Å². The Hall–Kier alpha value is -1.05. The fourth-order valence-corrected chi connectivity index (χ4v) is 7.17. The van der Waals surface area contributed by atoms with E-state index in [-0.39, 0.29) is 28.7 Å². The van der Waals surface area contributed by atoms with Crippen molar-refractivity contribution in [1.29, 1.82) is 0 Å². The van der Waals surface area contributed by atoms with Gasteiger partial charge in [-0.15, -0.1) is 0 Å². The zero-order valence-electron chi connectivity index (χ0n) is 13.3. The van der Waals surface area contributed by atoms with Gasteiger partial charge in [0.25, 0.3) is 0 Å². The molecule has 0 unspecified atom stereocenters. The van der Waals surface area contributed by atoms with Crippen LogP contribution in [-0.2, 0) is 21.2 Å². The number of halogens is 1. The maximum absolute atomic E-state index is 12.0. The van der Waals surface area contributed by atoms with Gasteiger partial charge in [-0.3, -0.25) is 4.79 Å². The maximum Gasteiger partial charge on any atom is 0.248 e. The number of sulfone groups is 1. The largest absolute Gasteiger partial charge is 0.342 e. The van der Waals surface area contributed by atoms with Crippen molar-refractivity contribution >= 4 is 44.3 Å². The van der Waals surface area contributed by atoms with E-state index >= 15 is 0 Å². The first kappa shape index (κ1) is 17.8. The second-order valence-corrected chi connectivity index (χ2v) is 9.83. The number of amides is 1. The van der Waals surface area contributed by atoms with Crippen LogP contribution in [0, 0.1) is 0 Å². The summed E-state index contributed by atoms with van der Waals surface area (Å²) in [4.78, 5) is 18.1. The highest BCUT2D eigenvalue weighted by Gasteiger charge is 2.48. The van der Waals surface area contributed by atoms with Crippen LogP contribution in [0.3, 0.4) is 0 Å². The SMILES string of the molecule is CCCC(=O)N=C1S[C@@H]2CS(=O)(=O)C[C@@H]2N1Cc1ccccc1Cl. The summed E-state index contributed by atoms with van der Waals surface area (Å²) in [5, 5.41) is 1.19. The number of hydrogen-bond acceptors (Lipinski definition) is 4. The summed E-state index contributed by atoms with van der Waals surface area (Å²) in [6.45, 7) is 2.39. The number of benzene rings is 1. The van der Waals surface area contributed by atoms with Crippen LogP contribution >= 0.6 is 23.4 Å². The van der Waals surface area contributed by atoms with Crippen molar-refractivity contribution in [3.63, 3.8) is 0 Å². The van der Waals surface area contributed by atoms with Crippen LogP contribution in [0.25, 0.3) is 0 Å². The zero-order chi connectivity index (χ0) is 17.3. The van der Waals surface area contributed by atoms with Crippen LogP contribution < -0.4 is 0 Å². The Labute approximate surface area is 151 Å². The Morgan fingerprint density at radius 1 is 1.38 bits per heavy atom. The lowest BCUT2D eigenvalue weighted by Gasteiger charge is -2.24. The fourth-order valence-electron chi connectivity index (χ4n) is 3.01. The van der Waals surface area contributed by atoms with Crippen LogP contribution in [0.5, 0.6) is 0 Å². The van der Waals surface area contributed by atoms with Crippen molar-refractivity contribution in [2.45, 2.75) is 37.6 Å². The van der Waals surface area contributed by atoms with Gasteiger partial charge in [0.1, 0.15) is 0 Å². The van der Waals surface area contributed by atoms with E-state index in [1.54, 1.807) is 0 Å². The molecule has 2 saturated heterocycles. The van der Waals surface area contributed by atoms with Crippen LogP contribution in [0.1, 0.15) is 25.3 Å². The summed E-state index contributed by atoms with van der Waals surface area (Å²) in [6, 6.07) is 7.32. The van der Waals surface area contributed by atoms with E-state index in [1.807, 2.05) is 36.1 Å². The molecular weight excluding hydrogens is 368 g/mol. The molecule has 0 spiro atoms. The van der Waals surface area contributed by atoms with Crippen molar-refractivity contribution in [3.05, 3.63) is 34.9 Å². The minimum absolute atomic E-state index is 0.0642. The van der Waals surface area contributed by atoms with Gasteiger partial charge < -0.3 is 4.90 Å². The molecule has 2 aliphatic rings. The van der Waals surface area contributed by atoms with Crippen LogP contribution in [0.4, 0.5) is 0 Å². The zero-order valence-corrected chi connectivity index (χ0v) is 15.7. The first-order valence-electron chi connectivity index (χ1n) is 7.88. The van der Waals surface area contributed by atoms with E-state index in [9.17, 15) is 13.2 Å². The number of amidine groups is 1. The molecule has 2 fully saturated rings. The average molecular weight is 387 g/mol. The molecule has 0 N–H and O–H groups in total. The smallest absolute Gasteiger partial charge is 0.248 e. The molecule has 130 valence electrons. The molecule has 1 aromatic carbocycles. The van der Waals surface area contributed by atoms with Gasteiger partial charge in [-0.25, -0.2) is 8.42 Å². The molecule has 1 aromatic rings. The van der Waals surface area contributed by atoms with Gasteiger partial charge in [0.2, 0.25) is 5.91 Å². The summed E-state index contributed by atoms with van der Waals surface area (Å²) in [5.41, 5.74) is 0.903. The summed E-state index contributed by atoms with van der Waals surface area (Å²) in [6.07, 6.45) is 1.14. The number of carbonyl (C=O) groups excluding carboxylic acids is 1. The Kier molecular flexibility index (Phi) is 5.22. The van der Waals surface area contributed by atoms with E-state index in [0.29, 0.717) is 23.2 Å². The molecule has 1 amide bonds. The summed E-state index contributed by atoms with van der Waals surface area (Å²) in [5.74, 6) is 0.0883. The molecule has 3 rings (SSSR count). The number of nitrogens with zero attached hydrogens (tertiary/aromatic N) is 2. The molecule has 5 nitrogen and oxygen atoms in total. The molecule has 0 bridgehead atoms. The van der Waals surface area contributed by atoms with Crippen molar-refractivity contribution < 1.29 is 13.2 Å². The van der Waals surface area contributed by atoms with Gasteiger partial charge in [-0.1, -0.05) is 48.5 Å². The number of hydrogen-bond donors (Lipinski definition) is 0. The van der Waals surface area contributed by atoms with Gasteiger partial charge in [0.15, 0.2) is 15.0 Å². The molecule has 0 radical (unpaired) electrons. The first-order chi connectivity index (χ1) is 11.4. The quantitative estimate of drug-likeness (QED) is 0.795. The third-order valence-corrected chi connectivity index (χ3v) is 7.77. The number of aliphatic imine (C=N–C) groups is 1. The average Bonchev–Trinajstić information content (AvgIpc) is 2.94. The lowest BCUT2D eigenvalue weighted by molar-refractivity contribution is -0.117. The molecule has 2 atom stereocenters. The summed E-state index contributed by atoms with van der Waals surface area (Å²) >= 11 is 7.65. The second kappa shape index (κ2) is 7.06. The molecule has 2 heterocycles. The number of rotatable bonds is 4. The number of carbonyl (C=O) groups is 1. The molecule has 8 heteroatoms. The number of fused-ring (bicyclic) bond motifs is 1. The van der Waals surface area contributed by atoms with E-state index in [1.165, 1.54) is 11.8 Å². The molecule has 2 aliphatic heterocycles. The highest BCUT2D eigenvalue weighted by molar-refractivity contribution is 8.15. The van der Waals surface area contributed by atoms with Gasteiger partial charge in [-0.05, 0) is 18.1 Å². The molecular formula is C16H19ClN2O3S2. The van der Waals surface area contributed by atoms with E-state index in [4.69, 9.17) is 11.6 Å². The van der Waals surface area contributed by atoms with Crippen LogP contribution in [0.2, 0.25) is 5.02 Å². The fraction of sp³-hybridized carbons (Fsp3) is 0.500. The van der Waals surface area contributed by atoms with Crippen LogP contribution in [-0.4, -0.2) is 47.2 Å². The van der Waals surface area contributed by atoms with E-state index < -0.39 is 9.84 Å². The van der Waals surface area contributed by atoms with E-state index in [0.717, 1.165) is 12.0 Å². The second-order valence-electron chi connectivity index (χ2n) is 6.06. The predicted octanol–water partition coefficient (Wildman–Crippen LogP) is 2.74. The van der Waals surface area contributed by atoms with Crippen molar-refractivity contribution in [2.24, 2.45) is 4.99 Å². The Morgan fingerprint density at radius 2 is 2.12 bits per heavy atom. The molecule has 24 heavy (non-hydrogen) atoms. The minimum Gasteiger partial charge on any atom is -0.342 e. The standard InChI is InChI=1S/C16H19ClN2O3S2/c1-2-5-15(20)18-16-19(8-11-6-3-4-7-12(11)17)13-9-24(21,22)10-14(13)23-16/h3-4,6-7,13-14H,2,5,8-10H2,1H3/t13-,14+/m0/s1. The van der Waals surface area contributed by atoms with Crippen molar-refractivity contribution in [1.82, 2.24) is 4.90 Å². The topological polar surface area (TPSA) is 66.8 Å². The minimum atomic E-state index is -3.04. The lowest BCUT2D eigenvalue weighted by atomic mass is 10.1. The van der Waals surface area contributed by atoms with Gasteiger partial charge in [0.05, 0.1) is 17.5 Å². The molecule has 0 saturated carbocycles.